The second-order valence-electron chi connectivity index (χ2n) is 7.01. The minimum Gasteiger partial charge on any atom is -0.486 e. The van der Waals surface area contributed by atoms with Crippen LogP contribution in [0.1, 0.15) is 28.8 Å². The van der Waals surface area contributed by atoms with Crippen LogP contribution in [-0.4, -0.2) is 44.9 Å². The van der Waals surface area contributed by atoms with E-state index in [0.717, 1.165) is 18.4 Å². The average Bonchev–Trinajstić information content (AvgIpc) is 3.52. The summed E-state index contributed by atoms with van der Waals surface area (Å²) in [6, 6.07) is 11.9. The average molecular weight is 402 g/mol. The van der Waals surface area contributed by atoms with E-state index < -0.39 is 10.0 Å². The highest BCUT2D eigenvalue weighted by Gasteiger charge is 2.25. The van der Waals surface area contributed by atoms with Crippen molar-refractivity contribution in [2.45, 2.75) is 30.3 Å². The molecule has 8 heteroatoms. The molecule has 1 saturated carbocycles. The Bertz CT molecular complexity index is 984. The molecule has 2 aliphatic rings. The van der Waals surface area contributed by atoms with Gasteiger partial charge < -0.3 is 14.8 Å². The SMILES string of the molecule is CN(Cc1ccc(C(=O)NC2CC2)cc1)S(=O)(=O)c1ccc2c(c1)OCCO2. The lowest BCUT2D eigenvalue weighted by molar-refractivity contribution is 0.0951. The second-order valence-corrected chi connectivity index (χ2v) is 9.06. The quantitative estimate of drug-likeness (QED) is 0.801. The molecule has 0 bridgehead atoms. The van der Waals surface area contributed by atoms with Crippen molar-refractivity contribution in [3.63, 3.8) is 0 Å². The van der Waals surface area contributed by atoms with Crippen LogP contribution in [0.5, 0.6) is 11.5 Å². The van der Waals surface area contributed by atoms with Gasteiger partial charge in [0.25, 0.3) is 5.91 Å². The first-order valence-electron chi connectivity index (χ1n) is 9.19. The minimum atomic E-state index is -3.69. The van der Waals surface area contributed by atoms with E-state index in [2.05, 4.69) is 5.32 Å². The van der Waals surface area contributed by atoms with Gasteiger partial charge in [0.1, 0.15) is 13.2 Å². The molecule has 0 aromatic heterocycles. The number of hydrogen-bond donors (Lipinski definition) is 1. The van der Waals surface area contributed by atoms with Gasteiger partial charge in [0.15, 0.2) is 11.5 Å². The Labute approximate surface area is 164 Å². The summed E-state index contributed by atoms with van der Waals surface area (Å²) in [6.07, 6.45) is 2.07. The molecule has 1 heterocycles. The summed E-state index contributed by atoms with van der Waals surface area (Å²) in [5.74, 6) is 0.894. The molecule has 28 heavy (non-hydrogen) atoms. The molecule has 0 radical (unpaired) electrons. The third-order valence-corrected chi connectivity index (χ3v) is 6.56. The predicted molar refractivity (Wildman–Crippen MR) is 103 cm³/mol. The normalized spacial score (nSPS) is 16.1. The highest BCUT2D eigenvalue weighted by molar-refractivity contribution is 7.89. The third-order valence-electron chi connectivity index (χ3n) is 4.76. The van der Waals surface area contributed by atoms with Gasteiger partial charge in [-0.25, -0.2) is 8.42 Å². The Morgan fingerprint density at radius 1 is 1.07 bits per heavy atom. The maximum atomic E-state index is 12.9. The molecule has 1 amide bonds. The second kappa shape index (κ2) is 7.44. The Hall–Kier alpha value is -2.58. The summed E-state index contributed by atoms with van der Waals surface area (Å²) >= 11 is 0. The van der Waals surface area contributed by atoms with Crippen molar-refractivity contribution < 1.29 is 22.7 Å². The van der Waals surface area contributed by atoms with E-state index in [1.54, 1.807) is 30.3 Å². The number of amides is 1. The third kappa shape index (κ3) is 3.98. The van der Waals surface area contributed by atoms with Crippen molar-refractivity contribution in [1.29, 1.82) is 0 Å². The number of nitrogens with one attached hydrogen (secondary N) is 1. The lowest BCUT2D eigenvalue weighted by atomic mass is 10.1. The summed E-state index contributed by atoms with van der Waals surface area (Å²) in [4.78, 5) is 12.2. The first kappa shape index (κ1) is 18.8. The van der Waals surface area contributed by atoms with Crippen LogP contribution in [0.4, 0.5) is 0 Å². The first-order valence-corrected chi connectivity index (χ1v) is 10.6. The Morgan fingerprint density at radius 2 is 1.75 bits per heavy atom. The van der Waals surface area contributed by atoms with Crippen LogP contribution in [0, 0.1) is 0 Å². The molecule has 4 rings (SSSR count). The smallest absolute Gasteiger partial charge is 0.251 e. The molecular formula is C20H22N2O5S. The van der Waals surface area contributed by atoms with Gasteiger partial charge >= 0.3 is 0 Å². The van der Waals surface area contributed by atoms with Crippen LogP contribution >= 0.6 is 0 Å². The number of carbonyl (C=O) groups excluding carboxylic acids is 1. The van der Waals surface area contributed by atoms with Gasteiger partial charge in [0.2, 0.25) is 10.0 Å². The number of fused-ring (bicyclic) bond motifs is 1. The van der Waals surface area contributed by atoms with Gasteiger partial charge in [-0.3, -0.25) is 4.79 Å². The van der Waals surface area contributed by atoms with E-state index >= 15 is 0 Å². The van der Waals surface area contributed by atoms with Crippen molar-refractivity contribution in [2.24, 2.45) is 0 Å². The molecular weight excluding hydrogens is 380 g/mol. The molecule has 0 unspecified atom stereocenters. The number of hydrogen-bond acceptors (Lipinski definition) is 5. The Morgan fingerprint density at radius 3 is 2.43 bits per heavy atom. The largest absolute Gasteiger partial charge is 0.486 e. The lowest BCUT2D eigenvalue weighted by Crippen LogP contribution is -2.27. The van der Waals surface area contributed by atoms with Crippen LogP contribution in [0.25, 0.3) is 0 Å². The zero-order valence-corrected chi connectivity index (χ0v) is 16.4. The van der Waals surface area contributed by atoms with E-state index in [1.165, 1.54) is 23.5 Å². The van der Waals surface area contributed by atoms with Crippen molar-refractivity contribution in [3.8, 4) is 11.5 Å². The molecule has 7 nitrogen and oxygen atoms in total. The number of sulfonamides is 1. The Kier molecular flexibility index (Phi) is 4.99. The van der Waals surface area contributed by atoms with E-state index in [9.17, 15) is 13.2 Å². The van der Waals surface area contributed by atoms with Gasteiger partial charge in [0, 0.05) is 31.3 Å². The fraction of sp³-hybridized carbons (Fsp3) is 0.350. The van der Waals surface area contributed by atoms with Crippen LogP contribution < -0.4 is 14.8 Å². The maximum Gasteiger partial charge on any atom is 0.251 e. The highest BCUT2D eigenvalue weighted by atomic mass is 32.2. The van der Waals surface area contributed by atoms with Gasteiger partial charge in [-0.15, -0.1) is 0 Å². The molecule has 148 valence electrons. The van der Waals surface area contributed by atoms with Crippen LogP contribution in [0.3, 0.4) is 0 Å². The number of ether oxygens (including phenoxy) is 2. The molecule has 0 spiro atoms. The summed E-state index contributed by atoms with van der Waals surface area (Å²) in [5, 5.41) is 2.93. The number of benzene rings is 2. The fourth-order valence-corrected chi connectivity index (χ4v) is 4.14. The maximum absolute atomic E-state index is 12.9. The van der Waals surface area contributed by atoms with Gasteiger partial charge in [-0.2, -0.15) is 4.31 Å². The van der Waals surface area contributed by atoms with Crippen molar-refractivity contribution in [3.05, 3.63) is 53.6 Å². The van der Waals surface area contributed by atoms with E-state index in [1.807, 2.05) is 0 Å². The highest BCUT2D eigenvalue weighted by Crippen LogP contribution is 2.33. The standard InChI is InChI=1S/C20H22N2O5S/c1-22(13-14-2-4-15(5-3-14)20(23)21-16-6-7-16)28(24,25)17-8-9-18-19(12-17)27-11-10-26-18/h2-5,8-9,12,16H,6-7,10-11,13H2,1H3,(H,21,23). The van der Waals surface area contributed by atoms with Crippen LogP contribution in [-0.2, 0) is 16.6 Å². The number of carbonyl (C=O) groups is 1. The van der Waals surface area contributed by atoms with Crippen molar-refractivity contribution in [1.82, 2.24) is 9.62 Å². The topological polar surface area (TPSA) is 84.9 Å². The molecule has 1 fully saturated rings. The monoisotopic (exact) mass is 402 g/mol. The van der Waals surface area contributed by atoms with Crippen LogP contribution in [0.15, 0.2) is 47.4 Å². The zero-order valence-electron chi connectivity index (χ0n) is 15.6. The van der Waals surface area contributed by atoms with E-state index in [0.29, 0.717) is 36.3 Å². The van der Waals surface area contributed by atoms with Crippen molar-refractivity contribution in [2.75, 3.05) is 20.3 Å². The van der Waals surface area contributed by atoms with Gasteiger partial charge in [0.05, 0.1) is 4.90 Å². The summed E-state index contributed by atoms with van der Waals surface area (Å²) in [7, 11) is -2.16. The number of nitrogens with zero attached hydrogens (tertiary/aromatic N) is 1. The molecule has 1 aliphatic carbocycles. The zero-order chi connectivity index (χ0) is 19.7. The summed E-state index contributed by atoms with van der Waals surface area (Å²) in [6.45, 7) is 1.04. The summed E-state index contributed by atoms with van der Waals surface area (Å²) in [5.41, 5.74) is 1.37. The molecule has 1 N–H and O–H groups in total. The first-order chi connectivity index (χ1) is 13.4. The molecule has 2 aromatic rings. The fourth-order valence-electron chi connectivity index (χ4n) is 2.96. The van der Waals surface area contributed by atoms with Gasteiger partial charge in [-0.05, 0) is 42.7 Å². The molecule has 0 atom stereocenters. The minimum absolute atomic E-state index is 0.0914. The van der Waals surface area contributed by atoms with E-state index in [-0.39, 0.29) is 17.3 Å². The summed E-state index contributed by atoms with van der Waals surface area (Å²) < 4.78 is 38.0. The van der Waals surface area contributed by atoms with Gasteiger partial charge in [-0.1, -0.05) is 12.1 Å². The van der Waals surface area contributed by atoms with Crippen molar-refractivity contribution >= 4 is 15.9 Å². The lowest BCUT2D eigenvalue weighted by Gasteiger charge is -2.21. The van der Waals surface area contributed by atoms with E-state index in [4.69, 9.17) is 9.47 Å². The predicted octanol–water partition coefficient (Wildman–Crippen LogP) is 2.17. The van der Waals surface area contributed by atoms with Crippen LogP contribution in [0.2, 0.25) is 0 Å². The molecule has 2 aromatic carbocycles. The Balaban J connectivity index is 1.46. The molecule has 0 saturated heterocycles. The number of rotatable bonds is 6. The molecule has 1 aliphatic heterocycles.